The van der Waals surface area contributed by atoms with Crippen molar-refractivity contribution in [1.29, 1.82) is 0 Å². The van der Waals surface area contributed by atoms with Gasteiger partial charge in [0.15, 0.2) is 0 Å². The first kappa shape index (κ1) is 20.6. The zero-order valence-corrected chi connectivity index (χ0v) is 17.2. The summed E-state index contributed by atoms with van der Waals surface area (Å²) in [6.07, 6.45) is 0.541. The number of rotatable bonds is 8. The highest BCUT2D eigenvalue weighted by atomic mass is 16.1. The molecule has 2 aromatic rings. The molecule has 2 atom stereocenters. The van der Waals surface area contributed by atoms with Crippen molar-refractivity contribution in [3.63, 3.8) is 0 Å². The van der Waals surface area contributed by atoms with Crippen molar-refractivity contribution in [2.24, 2.45) is 0 Å². The molecule has 0 saturated carbocycles. The molecule has 0 radical (unpaired) electrons. The van der Waals surface area contributed by atoms with Gasteiger partial charge in [0.05, 0.1) is 0 Å². The average molecular weight is 380 g/mol. The van der Waals surface area contributed by atoms with Crippen LogP contribution in [-0.4, -0.2) is 54.5 Å². The van der Waals surface area contributed by atoms with E-state index >= 15 is 0 Å². The Labute approximate surface area is 169 Å². The van der Waals surface area contributed by atoms with Crippen molar-refractivity contribution in [3.8, 4) is 0 Å². The minimum absolute atomic E-state index is 0.145. The lowest BCUT2D eigenvalue weighted by Crippen LogP contribution is -2.50. The van der Waals surface area contributed by atoms with Crippen LogP contribution in [0.1, 0.15) is 37.3 Å². The van der Waals surface area contributed by atoms with Crippen molar-refractivity contribution in [3.05, 3.63) is 71.8 Å². The molecule has 150 valence electrons. The summed E-state index contributed by atoms with van der Waals surface area (Å²) in [6, 6.07) is 21.1. The Balaban J connectivity index is 1.36. The van der Waals surface area contributed by atoms with E-state index in [0.29, 0.717) is 6.42 Å². The van der Waals surface area contributed by atoms with Crippen LogP contribution < -0.4 is 5.32 Å². The second-order valence-electron chi connectivity index (χ2n) is 8.05. The number of hydrogen-bond acceptors (Lipinski definition) is 3. The average Bonchev–Trinajstić information content (AvgIpc) is 2.70. The summed E-state index contributed by atoms with van der Waals surface area (Å²) in [6.45, 7) is 10.5. The van der Waals surface area contributed by atoms with Crippen LogP contribution in [0, 0.1) is 0 Å². The van der Waals surface area contributed by atoms with E-state index in [1.165, 1.54) is 11.1 Å². The van der Waals surface area contributed by atoms with Gasteiger partial charge in [-0.2, -0.15) is 0 Å². The van der Waals surface area contributed by atoms with E-state index in [-0.39, 0.29) is 17.9 Å². The summed E-state index contributed by atoms with van der Waals surface area (Å²) in [5.74, 6) is 0.390. The van der Waals surface area contributed by atoms with Crippen LogP contribution in [-0.2, 0) is 11.3 Å². The van der Waals surface area contributed by atoms with Gasteiger partial charge in [0.2, 0.25) is 5.91 Å². The number of amides is 1. The van der Waals surface area contributed by atoms with Crippen molar-refractivity contribution >= 4 is 5.91 Å². The van der Waals surface area contributed by atoms with E-state index in [2.05, 4.69) is 71.4 Å². The number of nitrogens with zero attached hydrogens (tertiary/aromatic N) is 2. The summed E-state index contributed by atoms with van der Waals surface area (Å²) >= 11 is 0. The highest BCUT2D eigenvalue weighted by Gasteiger charge is 2.20. The SMILES string of the molecule is CC(CN1CCN(Cc2ccccc2)CC1)NC(=O)CC(C)c1ccccc1. The molecule has 28 heavy (non-hydrogen) atoms. The van der Waals surface area contributed by atoms with Gasteiger partial charge in [-0.05, 0) is 24.0 Å². The Morgan fingerprint density at radius 3 is 2.11 bits per heavy atom. The number of nitrogens with one attached hydrogen (secondary N) is 1. The lowest BCUT2D eigenvalue weighted by Gasteiger charge is -2.36. The smallest absolute Gasteiger partial charge is 0.220 e. The molecule has 0 aliphatic carbocycles. The molecule has 2 unspecified atom stereocenters. The van der Waals surface area contributed by atoms with E-state index in [0.717, 1.165) is 39.3 Å². The van der Waals surface area contributed by atoms with Gasteiger partial charge in [-0.1, -0.05) is 67.6 Å². The molecule has 2 aromatic carbocycles. The van der Waals surface area contributed by atoms with Crippen LogP contribution in [0.3, 0.4) is 0 Å². The number of carbonyl (C=O) groups is 1. The fourth-order valence-electron chi connectivity index (χ4n) is 3.92. The molecule has 1 fully saturated rings. The molecular formula is C24H33N3O. The minimum Gasteiger partial charge on any atom is -0.352 e. The van der Waals surface area contributed by atoms with Gasteiger partial charge in [-0.25, -0.2) is 0 Å². The second-order valence-corrected chi connectivity index (χ2v) is 8.05. The number of hydrogen-bond donors (Lipinski definition) is 1. The molecule has 3 rings (SSSR count). The monoisotopic (exact) mass is 379 g/mol. The largest absolute Gasteiger partial charge is 0.352 e. The highest BCUT2D eigenvalue weighted by molar-refractivity contribution is 5.77. The molecule has 4 heteroatoms. The van der Waals surface area contributed by atoms with Gasteiger partial charge >= 0.3 is 0 Å². The van der Waals surface area contributed by atoms with Crippen LogP contribution in [0.5, 0.6) is 0 Å². The third-order valence-corrected chi connectivity index (χ3v) is 5.51. The third-order valence-electron chi connectivity index (χ3n) is 5.51. The van der Waals surface area contributed by atoms with Crippen molar-refractivity contribution < 1.29 is 4.79 Å². The molecule has 1 heterocycles. The van der Waals surface area contributed by atoms with E-state index in [1.54, 1.807) is 0 Å². The molecule has 0 bridgehead atoms. The number of benzene rings is 2. The first-order valence-corrected chi connectivity index (χ1v) is 10.4. The third kappa shape index (κ3) is 6.47. The second kappa shape index (κ2) is 10.4. The highest BCUT2D eigenvalue weighted by Crippen LogP contribution is 2.18. The Morgan fingerprint density at radius 2 is 1.46 bits per heavy atom. The zero-order chi connectivity index (χ0) is 19.8. The minimum atomic E-state index is 0.145. The standard InChI is InChI=1S/C24H33N3O/c1-20(23-11-7-4-8-12-23)17-24(28)25-21(2)18-26-13-15-27(16-14-26)19-22-9-5-3-6-10-22/h3-12,20-21H,13-19H2,1-2H3,(H,25,28). The van der Waals surface area contributed by atoms with E-state index in [9.17, 15) is 4.79 Å². The van der Waals surface area contributed by atoms with Crippen LogP contribution >= 0.6 is 0 Å². The lowest BCUT2D eigenvalue weighted by atomic mass is 9.97. The molecule has 1 aliphatic heterocycles. The topological polar surface area (TPSA) is 35.6 Å². The summed E-state index contributed by atoms with van der Waals surface area (Å²) in [5.41, 5.74) is 2.60. The Morgan fingerprint density at radius 1 is 0.893 bits per heavy atom. The quantitative estimate of drug-likeness (QED) is 0.762. The molecule has 1 amide bonds. The summed E-state index contributed by atoms with van der Waals surface area (Å²) in [7, 11) is 0. The summed E-state index contributed by atoms with van der Waals surface area (Å²) in [4.78, 5) is 17.4. The first-order valence-electron chi connectivity index (χ1n) is 10.4. The zero-order valence-electron chi connectivity index (χ0n) is 17.2. The predicted octanol–water partition coefficient (Wildman–Crippen LogP) is 3.50. The maximum absolute atomic E-state index is 12.4. The van der Waals surface area contributed by atoms with E-state index < -0.39 is 0 Å². The van der Waals surface area contributed by atoms with E-state index in [1.807, 2.05) is 18.2 Å². The van der Waals surface area contributed by atoms with Gasteiger partial charge in [-0.3, -0.25) is 14.6 Å². The van der Waals surface area contributed by atoms with Crippen molar-refractivity contribution in [1.82, 2.24) is 15.1 Å². The number of carbonyl (C=O) groups excluding carboxylic acids is 1. The fourth-order valence-corrected chi connectivity index (χ4v) is 3.92. The van der Waals surface area contributed by atoms with Crippen molar-refractivity contribution in [2.45, 2.75) is 38.8 Å². The molecule has 1 N–H and O–H groups in total. The Kier molecular flexibility index (Phi) is 7.63. The summed E-state index contributed by atoms with van der Waals surface area (Å²) in [5, 5.41) is 3.18. The molecule has 1 aliphatic rings. The molecule has 4 nitrogen and oxygen atoms in total. The Bertz CT molecular complexity index is 711. The van der Waals surface area contributed by atoms with Gasteiger partial charge in [0.1, 0.15) is 0 Å². The predicted molar refractivity (Wildman–Crippen MR) is 115 cm³/mol. The first-order chi connectivity index (χ1) is 13.6. The van der Waals surface area contributed by atoms with Crippen molar-refractivity contribution in [2.75, 3.05) is 32.7 Å². The molecular weight excluding hydrogens is 346 g/mol. The van der Waals surface area contributed by atoms with Crippen LogP contribution in [0.2, 0.25) is 0 Å². The van der Waals surface area contributed by atoms with Gasteiger partial charge in [0.25, 0.3) is 0 Å². The van der Waals surface area contributed by atoms with Crippen LogP contribution in [0.25, 0.3) is 0 Å². The molecule has 0 aromatic heterocycles. The number of piperazine rings is 1. The van der Waals surface area contributed by atoms with Gasteiger partial charge < -0.3 is 5.32 Å². The van der Waals surface area contributed by atoms with E-state index in [4.69, 9.17) is 0 Å². The normalized spacial score (nSPS) is 17.8. The fraction of sp³-hybridized carbons (Fsp3) is 0.458. The Hall–Kier alpha value is -2.17. The maximum atomic E-state index is 12.4. The maximum Gasteiger partial charge on any atom is 0.220 e. The molecule has 1 saturated heterocycles. The van der Waals surface area contributed by atoms with Crippen LogP contribution in [0.15, 0.2) is 60.7 Å². The van der Waals surface area contributed by atoms with Gasteiger partial charge in [-0.15, -0.1) is 0 Å². The molecule has 0 spiro atoms. The lowest BCUT2D eigenvalue weighted by molar-refractivity contribution is -0.122. The summed E-state index contributed by atoms with van der Waals surface area (Å²) < 4.78 is 0. The van der Waals surface area contributed by atoms with Gasteiger partial charge in [0, 0.05) is 51.7 Å². The van der Waals surface area contributed by atoms with Crippen LogP contribution in [0.4, 0.5) is 0 Å².